The first kappa shape index (κ1) is 18.3. The van der Waals surface area contributed by atoms with Crippen LogP contribution in [0, 0.1) is 0 Å². The van der Waals surface area contributed by atoms with Gasteiger partial charge in [-0.2, -0.15) is 24.9 Å². The largest absolute Gasteiger partial charge is 0.433 e. The molecule has 0 saturated heterocycles. The first-order chi connectivity index (χ1) is 10.5. The Morgan fingerprint density at radius 1 is 1.27 bits per heavy atom. The third kappa shape index (κ3) is 6.83. The quantitative estimate of drug-likeness (QED) is 0.397. The van der Waals surface area contributed by atoms with Gasteiger partial charge in [-0.05, 0) is 12.3 Å². The predicted octanol–water partition coefficient (Wildman–Crippen LogP) is 1.44. The normalized spacial score (nSPS) is 12.1. The highest BCUT2D eigenvalue weighted by Gasteiger charge is 2.32. The van der Waals surface area contributed by atoms with E-state index in [2.05, 4.69) is 30.9 Å². The Kier molecular flexibility index (Phi) is 7.78. The second kappa shape index (κ2) is 9.34. The van der Waals surface area contributed by atoms with E-state index in [1.54, 1.807) is 18.8 Å². The molecule has 0 spiro atoms. The molecule has 0 aliphatic heterocycles. The number of hydrogen-bond acceptors (Lipinski definition) is 5. The molecule has 10 heteroatoms. The average Bonchev–Trinajstić information content (AvgIpc) is 2.49. The van der Waals surface area contributed by atoms with Crippen molar-refractivity contribution in [3.8, 4) is 0 Å². The van der Waals surface area contributed by atoms with E-state index in [1.807, 2.05) is 6.26 Å². The number of nitrogens with zero attached hydrogens (tertiary/aromatic N) is 3. The summed E-state index contributed by atoms with van der Waals surface area (Å²) in [6.45, 7) is 1.62. The Labute approximate surface area is 131 Å². The van der Waals surface area contributed by atoms with Crippen LogP contribution in [0.5, 0.6) is 0 Å². The second-order valence-corrected chi connectivity index (χ2v) is 5.09. The van der Waals surface area contributed by atoms with Crippen LogP contribution in [0.1, 0.15) is 5.69 Å². The lowest BCUT2D eigenvalue weighted by Crippen LogP contribution is -2.40. The molecular weight excluding hydrogens is 317 g/mol. The molecule has 0 aliphatic carbocycles. The number of halogens is 3. The van der Waals surface area contributed by atoms with Crippen LogP contribution < -0.4 is 16.0 Å². The Balaban J connectivity index is 2.35. The van der Waals surface area contributed by atoms with Crippen molar-refractivity contribution in [1.82, 2.24) is 20.6 Å². The summed E-state index contributed by atoms with van der Waals surface area (Å²) in [6, 6.07) is 0.834. The highest BCUT2D eigenvalue weighted by molar-refractivity contribution is 7.98. The smallest absolute Gasteiger partial charge is 0.356 e. The molecule has 1 heterocycles. The molecule has 0 fully saturated rings. The zero-order chi connectivity index (χ0) is 16.4. The lowest BCUT2D eigenvalue weighted by molar-refractivity contribution is -0.141. The molecule has 0 amide bonds. The van der Waals surface area contributed by atoms with Crippen LogP contribution in [0.2, 0.25) is 0 Å². The van der Waals surface area contributed by atoms with Gasteiger partial charge in [0, 0.05) is 38.6 Å². The number of aliphatic imine (C=N–C) groups is 1. The van der Waals surface area contributed by atoms with Gasteiger partial charge in [-0.15, -0.1) is 0 Å². The molecular formula is C12H19F3N6S. The average molecular weight is 336 g/mol. The zero-order valence-corrected chi connectivity index (χ0v) is 13.2. The van der Waals surface area contributed by atoms with E-state index in [0.29, 0.717) is 19.0 Å². The number of anilines is 1. The van der Waals surface area contributed by atoms with Gasteiger partial charge in [-0.25, -0.2) is 9.97 Å². The third-order valence-corrected chi connectivity index (χ3v) is 3.08. The highest BCUT2D eigenvalue weighted by Crippen LogP contribution is 2.27. The minimum atomic E-state index is -4.47. The SMILES string of the molecule is CN=C(NCCNc1nccc(C(F)(F)F)n1)NCCSC. The summed E-state index contributed by atoms with van der Waals surface area (Å²) < 4.78 is 37.5. The molecule has 0 atom stereocenters. The van der Waals surface area contributed by atoms with Crippen molar-refractivity contribution in [3.05, 3.63) is 18.0 Å². The molecule has 3 N–H and O–H groups in total. The number of thioether (sulfide) groups is 1. The Bertz CT molecular complexity index is 480. The van der Waals surface area contributed by atoms with E-state index in [0.717, 1.165) is 24.6 Å². The fourth-order valence-electron chi connectivity index (χ4n) is 1.45. The molecule has 0 unspecified atom stereocenters. The van der Waals surface area contributed by atoms with Gasteiger partial charge in [0.15, 0.2) is 5.96 Å². The van der Waals surface area contributed by atoms with Gasteiger partial charge in [0.1, 0.15) is 5.69 Å². The number of alkyl halides is 3. The van der Waals surface area contributed by atoms with Crippen LogP contribution in [0.25, 0.3) is 0 Å². The first-order valence-corrected chi connectivity index (χ1v) is 7.94. The lowest BCUT2D eigenvalue weighted by atomic mass is 10.4. The van der Waals surface area contributed by atoms with Crippen LogP contribution in [0.4, 0.5) is 19.1 Å². The van der Waals surface area contributed by atoms with Gasteiger partial charge in [-0.3, -0.25) is 4.99 Å². The Morgan fingerprint density at radius 2 is 2.00 bits per heavy atom. The molecule has 6 nitrogen and oxygen atoms in total. The van der Waals surface area contributed by atoms with Gasteiger partial charge in [0.25, 0.3) is 0 Å². The van der Waals surface area contributed by atoms with Crippen molar-refractivity contribution in [2.24, 2.45) is 4.99 Å². The van der Waals surface area contributed by atoms with Crippen LogP contribution in [0.15, 0.2) is 17.3 Å². The molecule has 1 aromatic heterocycles. The predicted molar refractivity (Wildman–Crippen MR) is 83.3 cm³/mol. The number of nitrogens with one attached hydrogen (secondary N) is 3. The third-order valence-electron chi connectivity index (χ3n) is 2.47. The summed E-state index contributed by atoms with van der Waals surface area (Å²) in [6.07, 6.45) is -1.38. The monoisotopic (exact) mass is 336 g/mol. The maximum absolute atomic E-state index is 12.5. The van der Waals surface area contributed by atoms with Gasteiger partial charge in [0.2, 0.25) is 5.95 Å². The van der Waals surface area contributed by atoms with E-state index >= 15 is 0 Å². The first-order valence-electron chi connectivity index (χ1n) is 6.55. The number of aromatic nitrogens is 2. The maximum Gasteiger partial charge on any atom is 0.433 e. The molecule has 0 aliphatic rings. The van der Waals surface area contributed by atoms with Crippen molar-refractivity contribution in [2.45, 2.75) is 6.18 Å². The number of guanidine groups is 1. The van der Waals surface area contributed by atoms with Gasteiger partial charge < -0.3 is 16.0 Å². The zero-order valence-electron chi connectivity index (χ0n) is 12.4. The summed E-state index contributed by atoms with van der Waals surface area (Å²) in [5, 5.41) is 8.87. The highest BCUT2D eigenvalue weighted by atomic mass is 32.2. The van der Waals surface area contributed by atoms with Gasteiger partial charge >= 0.3 is 6.18 Å². The summed E-state index contributed by atoms with van der Waals surface area (Å²) in [4.78, 5) is 11.2. The molecule has 0 aromatic carbocycles. The van der Waals surface area contributed by atoms with E-state index in [-0.39, 0.29) is 5.95 Å². The van der Waals surface area contributed by atoms with E-state index in [1.165, 1.54) is 0 Å². The van der Waals surface area contributed by atoms with Gasteiger partial charge in [0.05, 0.1) is 0 Å². The molecule has 1 aromatic rings. The Morgan fingerprint density at radius 3 is 2.64 bits per heavy atom. The minimum Gasteiger partial charge on any atom is -0.356 e. The van der Waals surface area contributed by atoms with E-state index in [9.17, 15) is 13.2 Å². The summed E-state index contributed by atoms with van der Waals surface area (Å²) in [5.41, 5.74) is -0.965. The molecule has 0 saturated carbocycles. The van der Waals surface area contributed by atoms with Crippen molar-refractivity contribution >= 4 is 23.7 Å². The van der Waals surface area contributed by atoms with Gasteiger partial charge in [-0.1, -0.05) is 0 Å². The van der Waals surface area contributed by atoms with Crippen LogP contribution in [0.3, 0.4) is 0 Å². The van der Waals surface area contributed by atoms with Crippen LogP contribution >= 0.6 is 11.8 Å². The number of rotatable bonds is 7. The molecule has 0 radical (unpaired) electrons. The lowest BCUT2D eigenvalue weighted by Gasteiger charge is -2.12. The fraction of sp³-hybridized carbons (Fsp3) is 0.583. The molecule has 0 bridgehead atoms. The second-order valence-electron chi connectivity index (χ2n) is 4.11. The summed E-state index contributed by atoms with van der Waals surface area (Å²) in [7, 11) is 1.65. The van der Waals surface area contributed by atoms with Crippen molar-refractivity contribution in [3.63, 3.8) is 0 Å². The molecule has 1 rings (SSSR count). The number of hydrogen-bond donors (Lipinski definition) is 3. The molecule has 22 heavy (non-hydrogen) atoms. The standard InChI is InChI=1S/C12H19F3N6S/c1-16-10(20-7-8-22-2)18-5-6-19-11-17-4-3-9(21-11)12(13,14)15/h3-4H,5-8H2,1-2H3,(H2,16,18,20)(H,17,19,21). The summed E-state index contributed by atoms with van der Waals surface area (Å²) in [5.74, 6) is 1.54. The van der Waals surface area contributed by atoms with E-state index < -0.39 is 11.9 Å². The maximum atomic E-state index is 12.5. The van der Waals surface area contributed by atoms with Crippen LogP contribution in [-0.2, 0) is 6.18 Å². The Hall–Kier alpha value is -1.71. The summed E-state index contributed by atoms with van der Waals surface area (Å²) >= 11 is 1.72. The van der Waals surface area contributed by atoms with Crippen LogP contribution in [-0.4, -0.2) is 54.6 Å². The molecule has 124 valence electrons. The van der Waals surface area contributed by atoms with Crippen molar-refractivity contribution in [2.75, 3.05) is 44.0 Å². The van der Waals surface area contributed by atoms with E-state index in [4.69, 9.17) is 0 Å². The minimum absolute atomic E-state index is 0.0537. The fourth-order valence-corrected chi connectivity index (χ4v) is 1.76. The van der Waals surface area contributed by atoms with Crippen molar-refractivity contribution in [1.29, 1.82) is 0 Å². The topological polar surface area (TPSA) is 74.2 Å². The van der Waals surface area contributed by atoms with Crippen molar-refractivity contribution < 1.29 is 13.2 Å².